The molecule has 9 heteroatoms. The second-order valence-corrected chi connectivity index (χ2v) is 8.77. The molecule has 158 valence electrons. The Kier molecular flexibility index (Phi) is 6.15. The molecule has 0 aliphatic carbocycles. The highest BCUT2D eigenvalue weighted by molar-refractivity contribution is 7.20. The van der Waals surface area contributed by atoms with Crippen LogP contribution in [0.15, 0.2) is 60.0 Å². The quantitative estimate of drug-likeness (QED) is 0.263. The van der Waals surface area contributed by atoms with Crippen LogP contribution in [0.3, 0.4) is 0 Å². The Balaban J connectivity index is 1.58. The minimum absolute atomic E-state index is 0.0328. The van der Waals surface area contributed by atoms with Crippen LogP contribution in [0.1, 0.15) is 21.6 Å². The summed E-state index contributed by atoms with van der Waals surface area (Å²) in [6.45, 7) is 0.226. The Labute approximate surface area is 186 Å². The van der Waals surface area contributed by atoms with Crippen LogP contribution in [0.4, 0.5) is 0 Å². The number of nitrogens with one attached hydrogen (secondary N) is 1. The van der Waals surface area contributed by atoms with E-state index in [0.29, 0.717) is 21.5 Å². The topological polar surface area (TPSA) is 124 Å². The molecule has 4 rings (SSSR count). The molecule has 1 amide bonds. The van der Waals surface area contributed by atoms with Gasteiger partial charge in [0.05, 0.1) is 16.7 Å². The number of rotatable bonds is 9. The molecule has 0 aliphatic heterocycles. The van der Waals surface area contributed by atoms with Gasteiger partial charge in [0.25, 0.3) is 0 Å². The first-order chi connectivity index (χ1) is 15.0. The molecule has 31 heavy (non-hydrogen) atoms. The summed E-state index contributed by atoms with van der Waals surface area (Å²) in [6, 6.07) is 17.4. The van der Waals surface area contributed by atoms with Crippen molar-refractivity contribution >= 4 is 44.5 Å². The number of thiazole rings is 1. The summed E-state index contributed by atoms with van der Waals surface area (Å²) >= 11 is 2.78. The third kappa shape index (κ3) is 5.01. The Morgan fingerprint density at radius 1 is 1.13 bits per heavy atom. The summed E-state index contributed by atoms with van der Waals surface area (Å²) in [5, 5.41) is 11.0. The maximum absolute atomic E-state index is 11.1. The molecular formula is C22H20N4O3S2. The second kappa shape index (κ2) is 9.15. The van der Waals surface area contributed by atoms with E-state index >= 15 is 0 Å². The van der Waals surface area contributed by atoms with Crippen molar-refractivity contribution in [3.63, 3.8) is 0 Å². The molecule has 0 fully saturated rings. The van der Waals surface area contributed by atoms with Crippen molar-refractivity contribution < 1.29 is 14.3 Å². The van der Waals surface area contributed by atoms with E-state index in [2.05, 4.69) is 4.98 Å². The predicted octanol–water partition coefficient (Wildman–Crippen LogP) is 3.87. The van der Waals surface area contributed by atoms with Crippen molar-refractivity contribution in [1.29, 1.82) is 5.41 Å². The van der Waals surface area contributed by atoms with Gasteiger partial charge in [-0.15, -0.1) is 22.7 Å². The average Bonchev–Trinajstić information content (AvgIpc) is 3.38. The minimum atomic E-state index is -0.430. The lowest BCUT2D eigenvalue weighted by Crippen LogP contribution is -2.17. The highest BCUT2D eigenvalue weighted by Gasteiger charge is 2.18. The van der Waals surface area contributed by atoms with Crippen LogP contribution in [0.25, 0.3) is 10.1 Å². The van der Waals surface area contributed by atoms with Gasteiger partial charge in [-0.05, 0) is 23.8 Å². The first-order valence-corrected chi connectivity index (χ1v) is 11.1. The number of carbonyl (C=O) groups excluding carboxylic acids is 1. The number of benzene rings is 2. The zero-order valence-corrected chi connectivity index (χ0v) is 18.0. The van der Waals surface area contributed by atoms with E-state index in [9.17, 15) is 4.79 Å². The summed E-state index contributed by atoms with van der Waals surface area (Å²) in [6.07, 6.45) is -0.306. The molecule has 7 nitrogen and oxygen atoms in total. The Morgan fingerprint density at radius 3 is 2.68 bits per heavy atom. The van der Waals surface area contributed by atoms with Gasteiger partial charge in [0.2, 0.25) is 11.8 Å². The number of thiophene rings is 1. The molecule has 4 aromatic rings. The number of aromatic nitrogens is 1. The minimum Gasteiger partial charge on any atom is -0.481 e. The lowest BCUT2D eigenvalue weighted by molar-refractivity contribution is -0.117. The molecular weight excluding hydrogens is 432 g/mol. The van der Waals surface area contributed by atoms with Crippen LogP contribution < -0.4 is 20.9 Å². The van der Waals surface area contributed by atoms with Crippen molar-refractivity contribution in [1.82, 2.24) is 4.98 Å². The number of nitrogens with zero attached hydrogens (tertiary/aromatic N) is 1. The van der Waals surface area contributed by atoms with Crippen LogP contribution in [-0.4, -0.2) is 23.3 Å². The lowest BCUT2D eigenvalue weighted by Gasteiger charge is -2.20. The fourth-order valence-corrected chi connectivity index (χ4v) is 4.71. The maximum Gasteiger partial charge on any atom is 0.224 e. The number of amides is 1. The standard InChI is InChI=1S/C22H20N4O3S2/c23-19(27)10-21-26-20(12-30-21)28-11-16(13-5-2-1-3-6-13)29-15-7-4-8-17-14(15)9-18(31-17)22(24)25/h1-9,12,16H,10-11H2,(H2,23,27)(H3,24,25). The van der Waals surface area contributed by atoms with Crippen molar-refractivity contribution in [3.05, 3.63) is 75.4 Å². The van der Waals surface area contributed by atoms with Gasteiger partial charge in [-0.1, -0.05) is 36.4 Å². The molecule has 0 aliphatic rings. The monoisotopic (exact) mass is 452 g/mol. The normalized spacial score (nSPS) is 11.9. The van der Waals surface area contributed by atoms with Crippen LogP contribution in [0.5, 0.6) is 11.6 Å². The van der Waals surface area contributed by atoms with Crippen LogP contribution in [-0.2, 0) is 11.2 Å². The summed E-state index contributed by atoms with van der Waals surface area (Å²) in [7, 11) is 0. The summed E-state index contributed by atoms with van der Waals surface area (Å²) in [4.78, 5) is 16.1. The van der Waals surface area contributed by atoms with E-state index in [1.165, 1.54) is 22.7 Å². The summed E-state index contributed by atoms with van der Waals surface area (Å²) < 4.78 is 13.2. The Bertz CT molecular complexity index is 1220. The lowest BCUT2D eigenvalue weighted by atomic mass is 10.1. The molecule has 5 N–H and O–H groups in total. The third-order valence-electron chi connectivity index (χ3n) is 4.47. The third-order valence-corrected chi connectivity index (χ3v) is 6.43. The summed E-state index contributed by atoms with van der Waals surface area (Å²) in [5.74, 6) is 0.718. The molecule has 1 unspecified atom stereocenters. The Hall–Kier alpha value is -3.43. The first kappa shape index (κ1) is 20.8. The average molecular weight is 453 g/mol. The second-order valence-electron chi connectivity index (χ2n) is 6.74. The number of hydrogen-bond acceptors (Lipinski definition) is 7. The van der Waals surface area contributed by atoms with E-state index in [4.69, 9.17) is 26.4 Å². The largest absolute Gasteiger partial charge is 0.481 e. The smallest absolute Gasteiger partial charge is 0.224 e. The van der Waals surface area contributed by atoms with Crippen LogP contribution >= 0.6 is 22.7 Å². The van der Waals surface area contributed by atoms with Gasteiger partial charge in [-0.2, -0.15) is 0 Å². The van der Waals surface area contributed by atoms with Gasteiger partial charge in [0.15, 0.2) is 6.10 Å². The van der Waals surface area contributed by atoms with Crippen LogP contribution in [0.2, 0.25) is 0 Å². The van der Waals surface area contributed by atoms with Crippen molar-refractivity contribution in [3.8, 4) is 11.6 Å². The molecule has 2 aromatic heterocycles. The highest BCUT2D eigenvalue weighted by Crippen LogP contribution is 2.35. The first-order valence-electron chi connectivity index (χ1n) is 9.43. The zero-order chi connectivity index (χ0) is 21.8. The molecule has 0 saturated heterocycles. The van der Waals surface area contributed by atoms with Gasteiger partial charge in [-0.3, -0.25) is 10.2 Å². The highest BCUT2D eigenvalue weighted by atomic mass is 32.1. The number of carbonyl (C=O) groups is 1. The molecule has 0 saturated carbocycles. The van der Waals surface area contributed by atoms with E-state index in [-0.39, 0.29) is 18.9 Å². The van der Waals surface area contributed by atoms with Gasteiger partial charge in [0, 0.05) is 10.1 Å². The zero-order valence-electron chi connectivity index (χ0n) is 16.4. The molecule has 0 spiro atoms. The van der Waals surface area contributed by atoms with Gasteiger partial charge in [-0.25, -0.2) is 4.98 Å². The number of primary amides is 1. The molecule has 1 atom stereocenters. The molecule has 0 bridgehead atoms. The molecule has 2 heterocycles. The number of ether oxygens (including phenoxy) is 2. The molecule has 2 aromatic carbocycles. The number of hydrogen-bond donors (Lipinski definition) is 3. The SMILES string of the molecule is N=C(N)c1cc2c(OC(COc3csc(CC(N)=O)n3)c3ccccc3)cccc2s1. The summed E-state index contributed by atoms with van der Waals surface area (Å²) in [5.41, 5.74) is 11.8. The fraction of sp³-hybridized carbons (Fsp3) is 0.136. The van der Waals surface area contributed by atoms with E-state index in [0.717, 1.165) is 15.6 Å². The predicted molar refractivity (Wildman–Crippen MR) is 123 cm³/mol. The maximum atomic E-state index is 11.1. The van der Waals surface area contributed by atoms with E-state index in [1.54, 1.807) is 5.38 Å². The number of fused-ring (bicyclic) bond motifs is 1. The van der Waals surface area contributed by atoms with Crippen LogP contribution in [0, 0.1) is 5.41 Å². The van der Waals surface area contributed by atoms with E-state index in [1.807, 2.05) is 54.6 Å². The number of nitrogen functional groups attached to an aromatic ring is 1. The van der Waals surface area contributed by atoms with Crippen molar-refractivity contribution in [2.75, 3.05) is 6.61 Å². The fourth-order valence-electron chi connectivity index (χ4n) is 3.04. The van der Waals surface area contributed by atoms with E-state index < -0.39 is 12.0 Å². The Morgan fingerprint density at radius 2 is 1.94 bits per heavy atom. The molecule has 0 radical (unpaired) electrons. The van der Waals surface area contributed by atoms with Gasteiger partial charge < -0.3 is 20.9 Å². The van der Waals surface area contributed by atoms with Crippen molar-refractivity contribution in [2.45, 2.75) is 12.5 Å². The van der Waals surface area contributed by atoms with Gasteiger partial charge in [0.1, 0.15) is 23.2 Å². The number of amidine groups is 1. The number of nitrogens with two attached hydrogens (primary N) is 2. The van der Waals surface area contributed by atoms with Gasteiger partial charge >= 0.3 is 0 Å². The van der Waals surface area contributed by atoms with Crippen molar-refractivity contribution in [2.24, 2.45) is 11.5 Å².